The summed E-state index contributed by atoms with van der Waals surface area (Å²) >= 11 is 5.95. The number of urea groups is 1. The van der Waals surface area contributed by atoms with E-state index in [1.807, 2.05) is 0 Å². The molecule has 0 atom stereocenters. The lowest BCUT2D eigenvalue weighted by Crippen LogP contribution is -2.49. The highest BCUT2D eigenvalue weighted by atomic mass is 35.5. The van der Waals surface area contributed by atoms with Crippen LogP contribution in [0, 0.1) is 5.92 Å². The van der Waals surface area contributed by atoms with Crippen LogP contribution in [0.2, 0.25) is 5.02 Å². The monoisotopic (exact) mass is 379 g/mol. The van der Waals surface area contributed by atoms with Gasteiger partial charge in [0.05, 0.1) is 12.8 Å². The van der Waals surface area contributed by atoms with Crippen molar-refractivity contribution < 1.29 is 19.1 Å². The summed E-state index contributed by atoms with van der Waals surface area (Å²) < 4.78 is 5.18. The number of halogens is 1. The number of rotatable bonds is 4. The first-order valence-corrected chi connectivity index (χ1v) is 9.00. The predicted molar refractivity (Wildman–Crippen MR) is 97.2 cm³/mol. The van der Waals surface area contributed by atoms with Crippen LogP contribution in [0.3, 0.4) is 0 Å². The molecule has 1 saturated heterocycles. The lowest BCUT2D eigenvalue weighted by Gasteiger charge is -2.33. The molecule has 2 aliphatic rings. The molecule has 2 N–H and O–H groups in total. The van der Waals surface area contributed by atoms with Crippen molar-refractivity contribution in [2.45, 2.75) is 38.1 Å². The van der Waals surface area contributed by atoms with Crippen LogP contribution in [0.4, 0.5) is 10.5 Å². The average Bonchev–Trinajstić information content (AvgIpc) is 2.82. The minimum Gasteiger partial charge on any atom is -0.495 e. The third kappa shape index (κ3) is 3.49. The SMILES string of the molecule is COc1ccc(Cl)cc1NC(=O)CN1C(=O)NC2(CCC(C)CC2)C1=O. The van der Waals surface area contributed by atoms with E-state index in [0.717, 1.165) is 17.7 Å². The van der Waals surface area contributed by atoms with Crippen molar-refractivity contribution in [3.63, 3.8) is 0 Å². The summed E-state index contributed by atoms with van der Waals surface area (Å²) in [5.74, 6) is 0.175. The third-order valence-corrected chi connectivity index (χ3v) is 5.35. The van der Waals surface area contributed by atoms with E-state index in [-0.39, 0.29) is 12.5 Å². The number of carbonyl (C=O) groups excluding carboxylic acids is 3. The summed E-state index contributed by atoms with van der Waals surface area (Å²) in [5, 5.41) is 5.89. The molecule has 8 heteroatoms. The Kier molecular flexibility index (Phi) is 5.09. The van der Waals surface area contributed by atoms with Crippen LogP contribution in [0.25, 0.3) is 0 Å². The molecular formula is C18H22ClN3O4. The van der Waals surface area contributed by atoms with E-state index in [1.165, 1.54) is 7.11 Å². The number of carbonyl (C=O) groups is 3. The van der Waals surface area contributed by atoms with Crippen LogP contribution in [0.5, 0.6) is 5.75 Å². The van der Waals surface area contributed by atoms with Crippen molar-refractivity contribution in [3.8, 4) is 5.75 Å². The number of imide groups is 1. The Hall–Kier alpha value is -2.28. The number of hydrogen-bond acceptors (Lipinski definition) is 4. The third-order valence-electron chi connectivity index (χ3n) is 5.11. The zero-order chi connectivity index (χ0) is 18.9. The van der Waals surface area contributed by atoms with E-state index < -0.39 is 17.5 Å². The number of nitrogens with one attached hydrogen (secondary N) is 2. The molecule has 1 aliphatic carbocycles. The van der Waals surface area contributed by atoms with Crippen molar-refractivity contribution in [2.24, 2.45) is 5.92 Å². The molecule has 0 aromatic heterocycles. The van der Waals surface area contributed by atoms with Gasteiger partial charge in [0, 0.05) is 5.02 Å². The molecule has 2 fully saturated rings. The Labute approximate surface area is 157 Å². The molecule has 140 valence electrons. The largest absolute Gasteiger partial charge is 0.495 e. The minimum atomic E-state index is -0.850. The summed E-state index contributed by atoms with van der Waals surface area (Å²) in [6, 6.07) is 4.30. The number of hydrogen-bond donors (Lipinski definition) is 2. The number of anilines is 1. The Morgan fingerprint density at radius 2 is 2.08 bits per heavy atom. The maximum absolute atomic E-state index is 12.8. The number of benzene rings is 1. The first kappa shape index (κ1) is 18.5. The van der Waals surface area contributed by atoms with Gasteiger partial charge in [-0.2, -0.15) is 0 Å². The molecular weight excluding hydrogens is 358 g/mol. The summed E-state index contributed by atoms with van der Waals surface area (Å²) in [6.07, 6.45) is 2.98. The van der Waals surface area contributed by atoms with E-state index in [9.17, 15) is 14.4 Å². The molecule has 1 aliphatic heterocycles. The predicted octanol–water partition coefficient (Wildman–Crippen LogP) is 2.79. The Balaban J connectivity index is 1.69. The first-order valence-electron chi connectivity index (χ1n) is 8.62. The van der Waals surface area contributed by atoms with Crippen molar-refractivity contribution in [1.29, 1.82) is 0 Å². The first-order chi connectivity index (χ1) is 12.3. The molecule has 1 spiro atoms. The quantitative estimate of drug-likeness (QED) is 0.787. The molecule has 1 aromatic rings. The van der Waals surface area contributed by atoms with Gasteiger partial charge in [-0.25, -0.2) is 4.79 Å². The van der Waals surface area contributed by atoms with Gasteiger partial charge in [0.2, 0.25) is 5.91 Å². The highest BCUT2D eigenvalue weighted by Crippen LogP contribution is 2.36. The van der Waals surface area contributed by atoms with Crippen molar-refractivity contribution in [3.05, 3.63) is 23.2 Å². The second-order valence-corrected chi connectivity index (χ2v) is 7.42. The van der Waals surface area contributed by atoms with E-state index in [0.29, 0.717) is 35.2 Å². The van der Waals surface area contributed by atoms with Gasteiger partial charge in [-0.05, 0) is 49.8 Å². The van der Waals surface area contributed by atoms with E-state index >= 15 is 0 Å². The number of ether oxygens (including phenoxy) is 1. The summed E-state index contributed by atoms with van der Waals surface area (Å²) in [6.45, 7) is 1.79. The highest BCUT2D eigenvalue weighted by molar-refractivity contribution is 6.31. The maximum Gasteiger partial charge on any atom is 0.325 e. The topological polar surface area (TPSA) is 87.7 Å². The van der Waals surface area contributed by atoms with Crippen LogP contribution in [0.1, 0.15) is 32.6 Å². The van der Waals surface area contributed by atoms with Gasteiger partial charge in [-0.1, -0.05) is 18.5 Å². The standard InChI is InChI=1S/C18H22ClN3O4/c1-11-5-7-18(8-6-11)16(24)22(17(25)21-18)10-15(23)20-13-9-12(19)3-4-14(13)26-2/h3-4,9,11H,5-8,10H2,1-2H3,(H,20,23)(H,21,25). The lowest BCUT2D eigenvalue weighted by atomic mass is 9.77. The van der Waals surface area contributed by atoms with Crippen molar-refractivity contribution in [1.82, 2.24) is 10.2 Å². The Bertz CT molecular complexity index is 744. The van der Waals surface area contributed by atoms with Crippen molar-refractivity contribution in [2.75, 3.05) is 19.0 Å². The van der Waals surface area contributed by atoms with Crippen LogP contribution >= 0.6 is 11.6 Å². The normalized spacial score (nSPS) is 25.3. The smallest absolute Gasteiger partial charge is 0.325 e. The number of amides is 4. The van der Waals surface area contributed by atoms with Gasteiger partial charge in [0.25, 0.3) is 5.91 Å². The van der Waals surface area contributed by atoms with Crippen LogP contribution < -0.4 is 15.4 Å². The van der Waals surface area contributed by atoms with Crippen LogP contribution in [0.15, 0.2) is 18.2 Å². The Morgan fingerprint density at radius 3 is 2.73 bits per heavy atom. The van der Waals surface area contributed by atoms with Gasteiger partial charge in [0.15, 0.2) is 0 Å². The van der Waals surface area contributed by atoms with Gasteiger partial charge in [-0.15, -0.1) is 0 Å². The van der Waals surface area contributed by atoms with Gasteiger partial charge in [0.1, 0.15) is 17.8 Å². The molecule has 0 unspecified atom stereocenters. The van der Waals surface area contributed by atoms with Gasteiger partial charge >= 0.3 is 6.03 Å². The zero-order valence-corrected chi connectivity index (χ0v) is 15.6. The molecule has 3 rings (SSSR count). The second kappa shape index (κ2) is 7.15. The molecule has 0 bridgehead atoms. The van der Waals surface area contributed by atoms with E-state index in [4.69, 9.17) is 16.3 Å². The molecule has 0 radical (unpaired) electrons. The second-order valence-electron chi connectivity index (χ2n) is 6.98. The van der Waals surface area contributed by atoms with E-state index in [1.54, 1.807) is 18.2 Å². The summed E-state index contributed by atoms with van der Waals surface area (Å²) in [7, 11) is 1.48. The number of nitrogens with zero attached hydrogens (tertiary/aromatic N) is 1. The summed E-state index contributed by atoms with van der Waals surface area (Å²) in [4.78, 5) is 38.4. The molecule has 1 saturated carbocycles. The van der Waals surface area contributed by atoms with Crippen LogP contribution in [-0.2, 0) is 9.59 Å². The molecule has 1 aromatic carbocycles. The summed E-state index contributed by atoms with van der Waals surface area (Å²) in [5.41, 5.74) is -0.462. The number of methoxy groups -OCH3 is 1. The maximum atomic E-state index is 12.8. The van der Waals surface area contributed by atoms with Gasteiger partial charge in [-0.3, -0.25) is 14.5 Å². The van der Waals surface area contributed by atoms with Crippen LogP contribution in [-0.4, -0.2) is 41.9 Å². The molecule has 4 amide bonds. The van der Waals surface area contributed by atoms with E-state index in [2.05, 4.69) is 17.6 Å². The Morgan fingerprint density at radius 1 is 1.38 bits per heavy atom. The molecule has 1 heterocycles. The fourth-order valence-electron chi connectivity index (χ4n) is 3.52. The molecule has 26 heavy (non-hydrogen) atoms. The minimum absolute atomic E-state index is 0.317. The highest BCUT2D eigenvalue weighted by Gasteiger charge is 2.52. The zero-order valence-electron chi connectivity index (χ0n) is 14.8. The lowest BCUT2D eigenvalue weighted by molar-refractivity contribution is -0.135. The fourth-order valence-corrected chi connectivity index (χ4v) is 3.70. The fraction of sp³-hybridized carbons (Fsp3) is 0.500. The van der Waals surface area contributed by atoms with Crippen molar-refractivity contribution >= 4 is 35.1 Å². The van der Waals surface area contributed by atoms with Gasteiger partial charge < -0.3 is 15.4 Å². The average molecular weight is 380 g/mol. The molecule has 7 nitrogen and oxygen atoms in total.